The van der Waals surface area contributed by atoms with E-state index >= 15 is 0 Å². The van der Waals surface area contributed by atoms with Crippen molar-refractivity contribution in [3.05, 3.63) is 78.1 Å². The highest BCUT2D eigenvalue weighted by atomic mass is 16.3. The van der Waals surface area contributed by atoms with Gasteiger partial charge in [0.2, 0.25) is 0 Å². The number of nitrogens with zero attached hydrogens (tertiary/aromatic N) is 2. The maximum atomic E-state index is 9.33. The number of rotatable bonds is 5. The molecule has 1 aromatic heterocycles. The molecular weight excluding hydrogens is 262 g/mol. The maximum Gasteiger partial charge on any atom is 0.0701 e. The quantitative estimate of drug-likeness (QED) is 0.755. The van der Waals surface area contributed by atoms with Crippen LogP contribution in [0, 0.1) is 0 Å². The van der Waals surface area contributed by atoms with Crippen molar-refractivity contribution in [2.75, 3.05) is 5.32 Å². The van der Waals surface area contributed by atoms with Gasteiger partial charge in [0.15, 0.2) is 0 Å². The summed E-state index contributed by atoms with van der Waals surface area (Å²) >= 11 is 0. The van der Waals surface area contributed by atoms with Gasteiger partial charge < -0.3 is 10.4 Å². The lowest BCUT2D eigenvalue weighted by atomic mass is 10.1. The Balaban J connectivity index is 1.75. The topological polar surface area (TPSA) is 50.1 Å². The average molecular weight is 279 g/mol. The fourth-order valence-corrected chi connectivity index (χ4v) is 2.26. The lowest BCUT2D eigenvalue weighted by Gasteiger charge is -2.11. The van der Waals surface area contributed by atoms with Crippen molar-refractivity contribution in [3.8, 4) is 5.69 Å². The summed E-state index contributed by atoms with van der Waals surface area (Å²) in [6, 6.07) is 17.9. The summed E-state index contributed by atoms with van der Waals surface area (Å²) in [5, 5.41) is 16.9. The van der Waals surface area contributed by atoms with Gasteiger partial charge in [-0.2, -0.15) is 5.10 Å². The van der Waals surface area contributed by atoms with E-state index in [-0.39, 0.29) is 6.61 Å². The van der Waals surface area contributed by atoms with Crippen LogP contribution in [-0.4, -0.2) is 14.9 Å². The van der Waals surface area contributed by atoms with Gasteiger partial charge in [-0.15, -0.1) is 0 Å². The minimum atomic E-state index is 0.0382. The molecular formula is C17H17N3O. The second-order valence-electron chi connectivity index (χ2n) is 4.79. The summed E-state index contributed by atoms with van der Waals surface area (Å²) in [7, 11) is 0. The number of anilines is 1. The number of para-hydroxylation sites is 1. The summed E-state index contributed by atoms with van der Waals surface area (Å²) in [5.74, 6) is 0. The molecule has 0 amide bonds. The molecule has 0 atom stereocenters. The largest absolute Gasteiger partial charge is 0.392 e. The fraction of sp³-hybridized carbons (Fsp3) is 0.118. The van der Waals surface area contributed by atoms with Gasteiger partial charge in [-0.3, -0.25) is 0 Å². The molecule has 0 unspecified atom stereocenters. The van der Waals surface area contributed by atoms with Crippen molar-refractivity contribution in [1.29, 1.82) is 0 Å². The van der Waals surface area contributed by atoms with Gasteiger partial charge >= 0.3 is 0 Å². The molecule has 3 aromatic rings. The first-order valence-corrected chi connectivity index (χ1v) is 6.88. The van der Waals surface area contributed by atoms with Gasteiger partial charge in [-0.25, -0.2) is 4.68 Å². The first-order valence-electron chi connectivity index (χ1n) is 6.88. The smallest absolute Gasteiger partial charge is 0.0701 e. The van der Waals surface area contributed by atoms with Gasteiger partial charge in [0.1, 0.15) is 0 Å². The third kappa shape index (κ3) is 3.12. The van der Waals surface area contributed by atoms with E-state index in [1.54, 1.807) is 6.20 Å². The Kier molecular flexibility index (Phi) is 3.98. The summed E-state index contributed by atoms with van der Waals surface area (Å²) in [6.07, 6.45) is 3.69. The van der Waals surface area contributed by atoms with Crippen molar-refractivity contribution >= 4 is 5.69 Å². The molecule has 2 aromatic carbocycles. The van der Waals surface area contributed by atoms with Crippen LogP contribution in [0.3, 0.4) is 0 Å². The SMILES string of the molecule is OCc1ccccc1NCc1cccc(-n2cccn2)c1. The number of nitrogens with one attached hydrogen (secondary N) is 1. The number of aliphatic hydroxyl groups is 1. The van der Waals surface area contributed by atoms with Gasteiger partial charge in [0.05, 0.1) is 12.3 Å². The van der Waals surface area contributed by atoms with Crippen LogP contribution < -0.4 is 5.32 Å². The number of aromatic nitrogens is 2. The summed E-state index contributed by atoms with van der Waals surface area (Å²) < 4.78 is 1.84. The van der Waals surface area contributed by atoms with Crippen LogP contribution in [0.25, 0.3) is 5.69 Å². The average Bonchev–Trinajstić information content (AvgIpc) is 3.08. The van der Waals surface area contributed by atoms with Crippen LogP contribution in [0.4, 0.5) is 5.69 Å². The highest BCUT2D eigenvalue weighted by Crippen LogP contribution is 2.17. The fourth-order valence-electron chi connectivity index (χ4n) is 2.26. The third-order valence-corrected chi connectivity index (χ3v) is 3.35. The molecule has 0 aliphatic heterocycles. The molecule has 0 saturated carbocycles. The summed E-state index contributed by atoms with van der Waals surface area (Å²) in [4.78, 5) is 0. The normalized spacial score (nSPS) is 10.5. The molecule has 0 aliphatic carbocycles. The van der Waals surface area contributed by atoms with Crippen LogP contribution in [0.2, 0.25) is 0 Å². The van der Waals surface area contributed by atoms with Crippen molar-refractivity contribution in [1.82, 2.24) is 9.78 Å². The van der Waals surface area contributed by atoms with Crippen molar-refractivity contribution < 1.29 is 5.11 Å². The van der Waals surface area contributed by atoms with Gasteiger partial charge in [0, 0.05) is 30.2 Å². The molecule has 106 valence electrons. The molecule has 0 bridgehead atoms. The van der Waals surface area contributed by atoms with Crippen molar-refractivity contribution in [2.45, 2.75) is 13.2 Å². The zero-order valence-corrected chi connectivity index (χ0v) is 11.6. The monoisotopic (exact) mass is 279 g/mol. The van der Waals surface area contributed by atoms with E-state index in [0.717, 1.165) is 22.5 Å². The van der Waals surface area contributed by atoms with Gasteiger partial charge in [-0.05, 0) is 29.8 Å². The lowest BCUT2D eigenvalue weighted by Crippen LogP contribution is -2.03. The highest BCUT2D eigenvalue weighted by molar-refractivity contribution is 5.51. The van der Waals surface area contributed by atoms with E-state index in [1.807, 2.05) is 53.3 Å². The first-order chi connectivity index (χ1) is 10.4. The van der Waals surface area contributed by atoms with Crippen molar-refractivity contribution in [2.24, 2.45) is 0 Å². The van der Waals surface area contributed by atoms with Crippen LogP contribution in [0.15, 0.2) is 67.0 Å². The van der Waals surface area contributed by atoms with Gasteiger partial charge in [0.25, 0.3) is 0 Å². The molecule has 4 heteroatoms. The standard InChI is InChI=1S/C17H17N3O/c21-13-15-6-1-2-8-17(15)18-12-14-5-3-7-16(11-14)20-10-4-9-19-20/h1-11,18,21H,12-13H2. The molecule has 0 radical (unpaired) electrons. The third-order valence-electron chi connectivity index (χ3n) is 3.35. The predicted octanol–water partition coefficient (Wildman–Crippen LogP) is 2.98. The van der Waals surface area contributed by atoms with Gasteiger partial charge in [-0.1, -0.05) is 30.3 Å². The number of benzene rings is 2. The summed E-state index contributed by atoms with van der Waals surface area (Å²) in [6.45, 7) is 0.739. The molecule has 0 saturated heterocycles. The zero-order valence-electron chi connectivity index (χ0n) is 11.6. The lowest BCUT2D eigenvalue weighted by molar-refractivity contribution is 0.282. The Morgan fingerprint density at radius 1 is 1.05 bits per heavy atom. The Bertz CT molecular complexity index is 708. The first kappa shape index (κ1) is 13.4. The van der Waals surface area contributed by atoms with E-state index in [4.69, 9.17) is 0 Å². The minimum absolute atomic E-state index is 0.0382. The molecule has 3 rings (SSSR count). The minimum Gasteiger partial charge on any atom is -0.392 e. The van der Waals surface area contributed by atoms with E-state index in [1.165, 1.54) is 0 Å². The molecule has 2 N–H and O–H groups in total. The van der Waals surface area contributed by atoms with E-state index < -0.39 is 0 Å². The molecule has 0 spiro atoms. The second kappa shape index (κ2) is 6.24. The predicted molar refractivity (Wildman–Crippen MR) is 83.3 cm³/mol. The Hall–Kier alpha value is -2.59. The molecule has 0 fully saturated rings. The van der Waals surface area contributed by atoms with Crippen LogP contribution >= 0.6 is 0 Å². The summed E-state index contributed by atoms with van der Waals surface area (Å²) in [5.41, 5.74) is 4.07. The number of aliphatic hydroxyl groups excluding tert-OH is 1. The second-order valence-corrected chi connectivity index (χ2v) is 4.79. The highest BCUT2D eigenvalue weighted by Gasteiger charge is 2.02. The Morgan fingerprint density at radius 2 is 1.95 bits per heavy atom. The molecule has 1 heterocycles. The van der Waals surface area contributed by atoms with Crippen molar-refractivity contribution in [3.63, 3.8) is 0 Å². The maximum absolute atomic E-state index is 9.33. The number of hydrogen-bond donors (Lipinski definition) is 2. The van der Waals surface area contributed by atoms with Crippen LogP contribution in [0.5, 0.6) is 0 Å². The van der Waals surface area contributed by atoms with E-state index in [9.17, 15) is 5.11 Å². The van der Waals surface area contributed by atoms with Crippen LogP contribution in [-0.2, 0) is 13.2 Å². The molecule has 0 aliphatic rings. The number of hydrogen-bond acceptors (Lipinski definition) is 3. The zero-order chi connectivity index (χ0) is 14.5. The Morgan fingerprint density at radius 3 is 2.76 bits per heavy atom. The van der Waals surface area contributed by atoms with Crippen LogP contribution in [0.1, 0.15) is 11.1 Å². The molecule has 21 heavy (non-hydrogen) atoms. The molecule has 4 nitrogen and oxygen atoms in total. The van der Waals surface area contributed by atoms with E-state index in [2.05, 4.69) is 22.5 Å². The van der Waals surface area contributed by atoms with E-state index in [0.29, 0.717) is 6.54 Å². The Labute approximate surface area is 123 Å².